The van der Waals surface area contributed by atoms with E-state index in [0.29, 0.717) is 27.0 Å². The summed E-state index contributed by atoms with van der Waals surface area (Å²) in [6.45, 7) is 3.79. The molecule has 0 spiro atoms. The topological polar surface area (TPSA) is 59.1 Å². The second-order valence-electron chi connectivity index (χ2n) is 6.53. The summed E-state index contributed by atoms with van der Waals surface area (Å²) in [6.07, 6.45) is 1.58. The fraction of sp³-hybridized carbons (Fsp3) is 0.136. The van der Waals surface area contributed by atoms with Gasteiger partial charge in [0.1, 0.15) is 5.69 Å². The SMILES string of the molecule is Cc1ccc(CC(=O)c2ccc(C(=O)Nc3ccc(C)c(Cl)c3)cn2)cc1Cl. The van der Waals surface area contributed by atoms with Crippen molar-refractivity contribution in [3.63, 3.8) is 0 Å². The van der Waals surface area contributed by atoms with E-state index >= 15 is 0 Å². The molecule has 142 valence electrons. The van der Waals surface area contributed by atoms with Gasteiger partial charge in [0.25, 0.3) is 5.91 Å². The highest BCUT2D eigenvalue weighted by molar-refractivity contribution is 6.32. The van der Waals surface area contributed by atoms with Gasteiger partial charge in [-0.05, 0) is 60.9 Å². The van der Waals surface area contributed by atoms with E-state index in [4.69, 9.17) is 23.2 Å². The summed E-state index contributed by atoms with van der Waals surface area (Å²) < 4.78 is 0. The smallest absolute Gasteiger partial charge is 0.257 e. The van der Waals surface area contributed by atoms with Gasteiger partial charge in [0, 0.05) is 28.4 Å². The van der Waals surface area contributed by atoms with Crippen LogP contribution in [-0.4, -0.2) is 16.7 Å². The van der Waals surface area contributed by atoms with E-state index in [1.54, 1.807) is 30.3 Å². The largest absolute Gasteiger partial charge is 0.322 e. The summed E-state index contributed by atoms with van der Waals surface area (Å²) in [5.74, 6) is -0.464. The minimum Gasteiger partial charge on any atom is -0.322 e. The van der Waals surface area contributed by atoms with Gasteiger partial charge in [-0.3, -0.25) is 14.6 Å². The van der Waals surface area contributed by atoms with Crippen molar-refractivity contribution in [2.24, 2.45) is 0 Å². The minimum absolute atomic E-state index is 0.141. The van der Waals surface area contributed by atoms with Crippen molar-refractivity contribution in [1.82, 2.24) is 4.98 Å². The molecule has 1 N–H and O–H groups in total. The summed E-state index contributed by atoms with van der Waals surface area (Å²) in [5.41, 5.74) is 3.95. The molecule has 28 heavy (non-hydrogen) atoms. The Labute approximate surface area is 173 Å². The van der Waals surface area contributed by atoms with Gasteiger partial charge in [-0.2, -0.15) is 0 Å². The van der Waals surface area contributed by atoms with Crippen molar-refractivity contribution in [2.45, 2.75) is 20.3 Å². The summed E-state index contributed by atoms with van der Waals surface area (Å²) in [7, 11) is 0. The Bertz CT molecular complexity index is 962. The lowest BCUT2D eigenvalue weighted by atomic mass is 10.0. The first-order valence-electron chi connectivity index (χ1n) is 8.65. The number of rotatable bonds is 5. The van der Waals surface area contributed by atoms with Gasteiger partial charge in [0.2, 0.25) is 0 Å². The van der Waals surface area contributed by atoms with Crippen molar-refractivity contribution in [1.29, 1.82) is 0 Å². The molecular formula is C22H18Cl2N2O2. The van der Waals surface area contributed by atoms with Crippen LogP contribution in [0.4, 0.5) is 5.69 Å². The molecule has 4 nitrogen and oxygen atoms in total. The Morgan fingerprint density at radius 1 is 0.929 bits per heavy atom. The lowest BCUT2D eigenvalue weighted by Gasteiger charge is -2.07. The lowest BCUT2D eigenvalue weighted by Crippen LogP contribution is -2.13. The van der Waals surface area contributed by atoms with Crippen LogP contribution < -0.4 is 5.32 Å². The van der Waals surface area contributed by atoms with Crippen LogP contribution >= 0.6 is 23.2 Å². The van der Waals surface area contributed by atoms with E-state index < -0.39 is 0 Å². The number of carbonyl (C=O) groups is 2. The number of Topliss-reactive ketones (excluding diaryl/α,β-unsaturated/α-hetero) is 1. The summed E-state index contributed by atoms with van der Waals surface area (Å²) >= 11 is 12.2. The Balaban J connectivity index is 1.67. The number of pyridine rings is 1. The van der Waals surface area contributed by atoms with E-state index in [1.807, 2.05) is 32.0 Å². The van der Waals surface area contributed by atoms with Crippen LogP contribution in [0.5, 0.6) is 0 Å². The van der Waals surface area contributed by atoms with Crippen LogP contribution in [0, 0.1) is 13.8 Å². The number of hydrogen-bond acceptors (Lipinski definition) is 3. The van der Waals surface area contributed by atoms with Crippen LogP contribution in [0.15, 0.2) is 54.7 Å². The molecule has 0 radical (unpaired) electrons. The molecule has 6 heteroatoms. The molecule has 3 aromatic rings. The maximum absolute atomic E-state index is 12.4. The van der Waals surface area contributed by atoms with Crippen LogP contribution in [0.25, 0.3) is 0 Å². The van der Waals surface area contributed by atoms with Crippen molar-refractivity contribution in [3.05, 3.63) is 92.7 Å². The molecule has 0 aliphatic heterocycles. The molecule has 2 aromatic carbocycles. The van der Waals surface area contributed by atoms with Gasteiger partial charge in [0.15, 0.2) is 5.78 Å². The van der Waals surface area contributed by atoms with Gasteiger partial charge >= 0.3 is 0 Å². The summed E-state index contributed by atoms with van der Waals surface area (Å²) in [5, 5.41) is 3.97. The first-order valence-corrected chi connectivity index (χ1v) is 9.41. The van der Waals surface area contributed by atoms with Crippen molar-refractivity contribution < 1.29 is 9.59 Å². The maximum Gasteiger partial charge on any atom is 0.257 e. The standard InChI is InChI=1S/C22H18Cl2N2O2/c1-13-3-5-15(9-18(13)23)10-21(27)20-8-6-16(12-25-20)22(28)26-17-7-4-14(2)19(24)11-17/h3-9,11-12H,10H2,1-2H3,(H,26,28). The molecule has 0 aliphatic rings. The Kier molecular flexibility index (Phi) is 6.12. The number of carbonyl (C=O) groups excluding carboxylic acids is 2. The lowest BCUT2D eigenvalue weighted by molar-refractivity contribution is 0.0984. The highest BCUT2D eigenvalue weighted by atomic mass is 35.5. The number of halogens is 2. The van der Waals surface area contributed by atoms with E-state index in [1.165, 1.54) is 6.20 Å². The number of nitrogens with one attached hydrogen (secondary N) is 1. The number of amides is 1. The second-order valence-corrected chi connectivity index (χ2v) is 7.35. The van der Waals surface area contributed by atoms with Crippen molar-refractivity contribution in [3.8, 4) is 0 Å². The molecule has 0 fully saturated rings. The van der Waals surface area contributed by atoms with E-state index in [9.17, 15) is 9.59 Å². The summed E-state index contributed by atoms with van der Waals surface area (Å²) in [6, 6.07) is 13.9. The average molecular weight is 413 g/mol. The van der Waals surface area contributed by atoms with Crippen molar-refractivity contribution >= 4 is 40.6 Å². The van der Waals surface area contributed by atoms with E-state index in [0.717, 1.165) is 16.7 Å². The third-order valence-corrected chi connectivity index (χ3v) is 5.16. The molecule has 0 saturated heterocycles. The zero-order chi connectivity index (χ0) is 20.3. The molecule has 1 heterocycles. The molecule has 0 atom stereocenters. The number of anilines is 1. The number of aromatic nitrogens is 1. The number of benzene rings is 2. The normalized spacial score (nSPS) is 10.6. The van der Waals surface area contributed by atoms with Gasteiger partial charge in [-0.15, -0.1) is 0 Å². The number of hydrogen-bond donors (Lipinski definition) is 1. The number of nitrogens with zero attached hydrogens (tertiary/aromatic N) is 1. The highest BCUT2D eigenvalue weighted by Gasteiger charge is 2.12. The second kappa shape index (κ2) is 8.55. The molecule has 1 amide bonds. The molecular weight excluding hydrogens is 395 g/mol. The fourth-order valence-corrected chi connectivity index (χ4v) is 2.97. The zero-order valence-electron chi connectivity index (χ0n) is 15.4. The van der Waals surface area contributed by atoms with Crippen LogP contribution in [0.3, 0.4) is 0 Å². The third kappa shape index (κ3) is 4.77. The maximum atomic E-state index is 12.4. The molecule has 0 unspecified atom stereocenters. The van der Waals surface area contributed by atoms with E-state index in [-0.39, 0.29) is 18.1 Å². The average Bonchev–Trinajstić information content (AvgIpc) is 2.67. The van der Waals surface area contributed by atoms with Crippen LogP contribution in [0.1, 0.15) is 37.5 Å². The summed E-state index contributed by atoms with van der Waals surface area (Å²) in [4.78, 5) is 28.9. The Hall–Kier alpha value is -2.69. The number of aryl methyl sites for hydroxylation is 2. The monoisotopic (exact) mass is 412 g/mol. The first-order chi connectivity index (χ1) is 13.3. The van der Waals surface area contributed by atoms with Crippen molar-refractivity contribution in [2.75, 3.05) is 5.32 Å². The van der Waals surface area contributed by atoms with Gasteiger partial charge < -0.3 is 5.32 Å². The fourth-order valence-electron chi connectivity index (χ4n) is 2.59. The minimum atomic E-state index is -0.322. The zero-order valence-corrected chi connectivity index (χ0v) is 16.9. The molecule has 1 aromatic heterocycles. The Morgan fingerprint density at radius 2 is 1.61 bits per heavy atom. The van der Waals surface area contributed by atoms with Gasteiger partial charge in [-0.25, -0.2) is 0 Å². The van der Waals surface area contributed by atoms with Crippen LogP contribution in [0.2, 0.25) is 10.0 Å². The number of ketones is 1. The molecule has 0 bridgehead atoms. The molecule has 3 rings (SSSR count). The van der Waals surface area contributed by atoms with Gasteiger partial charge in [-0.1, -0.05) is 41.4 Å². The Morgan fingerprint density at radius 3 is 2.21 bits per heavy atom. The first kappa shape index (κ1) is 20.1. The van der Waals surface area contributed by atoms with Gasteiger partial charge in [0.05, 0.1) is 5.56 Å². The highest BCUT2D eigenvalue weighted by Crippen LogP contribution is 2.21. The molecule has 0 saturated carbocycles. The molecule has 0 aliphatic carbocycles. The third-order valence-electron chi connectivity index (χ3n) is 4.34. The van der Waals surface area contributed by atoms with E-state index in [2.05, 4.69) is 10.3 Å². The predicted octanol–water partition coefficient (Wildman–Crippen LogP) is 5.68. The predicted molar refractivity (Wildman–Crippen MR) is 113 cm³/mol. The quantitative estimate of drug-likeness (QED) is 0.548. The van der Waals surface area contributed by atoms with Crippen LogP contribution in [-0.2, 0) is 6.42 Å².